The molecule has 0 bridgehead atoms. The highest BCUT2D eigenvalue weighted by Crippen LogP contribution is 2.27. The number of fused-ring (bicyclic) bond motifs is 1. The van der Waals surface area contributed by atoms with Crippen LogP contribution in [0.15, 0.2) is 18.2 Å². The molecular formula is C8H11BN2. The van der Waals surface area contributed by atoms with Gasteiger partial charge in [-0.3, -0.25) is 0 Å². The second-order valence-electron chi connectivity index (χ2n) is 3.05. The molecule has 0 saturated carbocycles. The predicted octanol–water partition coefficient (Wildman–Crippen LogP) is -0.236. The number of nitrogens with one attached hydrogen (secondary N) is 1. The van der Waals surface area contributed by atoms with Gasteiger partial charge >= 0.3 is 0 Å². The Hall–Kier alpha value is -1.12. The van der Waals surface area contributed by atoms with E-state index in [0.717, 1.165) is 6.67 Å². The van der Waals surface area contributed by atoms with Crippen LogP contribution in [-0.4, -0.2) is 21.6 Å². The zero-order valence-electron chi connectivity index (χ0n) is 6.89. The van der Waals surface area contributed by atoms with Crippen LogP contribution in [0.4, 0.5) is 11.4 Å². The van der Waals surface area contributed by atoms with Gasteiger partial charge in [0.1, 0.15) is 7.85 Å². The normalized spacial score (nSPS) is 14.5. The monoisotopic (exact) mass is 146 g/mol. The van der Waals surface area contributed by atoms with Gasteiger partial charge in [0.25, 0.3) is 0 Å². The van der Waals surface area contributed by atoms with Crippen molar-refractivity contribution in [3.8, 4) is 0 Å². The number of hydrogen-bond acceptors (Lipinski definition) is 2. The quantitative estimate of drug-likeness (QED) is 0.508. The zero-order valence-corrected chi connectivity index (χ0v) is 6.89. The van der Waals surface area contributed by atoms with Crippen LogP contribution >= 0.6 is 0 Å². The van der Waals surface area contributed by atoms with Crippen molar-refractivity contribution in [2.45, 2.75) is 0 Å². The van der Waals surface area contributed by atoms with Crippen molar-refractivity contribution in [2.75, 3.05) is 23.9 Å². The summed E-state index contributed by atoms with van der Waals surface area (Å²) in [5.74, 6) is 0. The molecule has 0 fully saturated rings. The fourth-order valence-corrected chi connectivity index (χ4v) is 1.40. The molecule has 1 aromatic carbocycles. The smallest absolute Gasteiger partial charge is 0.139 e. The first kappa shape index (κ1) is 6.59. The Morgan fingerprint density at radius 1 is 1.55 bits per heavy atom. The summed E-state index contributed by atoms with van der Waals surface area (Å²) in [7, 11) is 4.21. The Kier molecular flexibility index (Phi) is 1.31. The molecule has 0 aromatic heterocycles. The summed E-state index contributed by atoms with van der Waals surface area (Å²) >= 11 is 0. The number of hydrogen-bond donors (Lipinski definition) is 1. The van der Waals surface area contributed by atoms with Crippen molar-refractivity contribution in [3.63, 3.8) is 0 Å². The van der Waals surface area contributed by atoms with Gasteiger partial charge in [0, 0.05) is 7.05 Å². The fraction of sp³-hybridized carbons (Fsp3) is 0.250. The summed E-state index contributed by atoms with van der Waals surface area (Å²) in [6, 6.07) is 6.47. The minimum Gasteiger partial charge on any atom is -0.366 e. The average Bonchev–Trinajstić information content (AvgIpc) is 2.33. The molecular weight excluding hydrogens is 135 g/mol. The molecule has 0 radical (unpaired) electrons. The lowest BCUT2D eigenvalue weighted by atomic mass is 9.95. The molecule has 0 saturated heterocycles. The van der Waals surface area contributed by atoms with E-state index in [2.05, 4.69) is 43.3 Å². The first-order valence-electron chi connectivity index (χ1n) is 3.83. The summed E-state index contributed by atoms with van der Waals surface area (Å²) < 4.78 is 0. The zero-order chi connectivity index (χ0) is 7.84. The summed E-state index contributed by atoms with van der Waals surface area (Å²) in [6.45, 7) is 0.929. The minimum absolute atomic E-state index is 0.929. The number of rotatable bonds is 0. The third kappa shape index (κ3) is 0.966. The first-order valence-corrected chi connectivity index (χ1v) is 3.83. The highest BCUT2D eigenvalue weighted by molar-refractivity contribution is 6.32. The largest absolute Gasteiger partial charge is 0.366 e. The molecule has 11 heavy (non-hydrogen) atoms. The minimum atomic E-state index is 0.929. The lowest BCUT2D eigenvalue weighted by molar-refractivity contribution is 1.03. The molecule has 0 aliphatic carbocycles. The summed E-state index contributed by atoms with van der Waals surface area (Å²) in [5, 5.41) is 3.30. The van der Waals surface area contributed by atoms with Gasteiger partial charge in [-0.2, -0.15) is 0 Å². The van der Waals surface area contributed by atoms with E-state index in [0.29, 0.717) is 0 Å². The molecule has 1 aliphatic heterocycles. The van der Waals surface area contributed by atoms with Gasteiger partial charge in [0.2, 0.25) is 0 Å². The maximum Gasteiger partial charge on any atom is 0.139 e. The highest BCUT2D eigenvalue weighted by Gasteiger charge is 2.13. The van der Waals surface area contributed by atoms with Crippen molar-refractivity contribution >= 4 is 24.7 Å². The third-order valence-electron chi connectivity index (χ3n) is 2.07. The molecule has 0 unspecified atom stereocenters. The molecule has 1 aliphatic rings. The van der Waals surface area contributed by atoms with Crippen molar-refractivity contribution in [1.29, 1.82) is 0 Å². The second kappa shape index (κ2) is 2.19. The van der Waals surface area contributed by atoms with Crippen LogP contribution in [0.25, 0.3) is 0 Å². The van der Waals surface area contributed by atoms with E-state index >= 15 is 0 Å². The molecule has 0 amide bonds. The first-order chi connectivity index (χ1) is 5.27. The number of benzene rings is 1. The Bertz CT molecular complexity index is 285. The molecule has 1 heterocycles. The molecule has 1 N–H and O–H groups in total. The maximum atomic E-state index is 3.30. The van der Waals surface area contributed by atoms with Crippen molar-refractivity contribution in [2.24, 2.45) is 0 Å². The highest BCUT2D eigenvalue weighted by atomic mass is 15.3. The molecule has 2 rings (SSSR count). The Balaban J connectivity index is 2.52. The van der Waals surface area contributed by atoms with Gasteiger partial charge in [-0.1, -0.05) is 11.5 Å². The fourth-order valence-electron chi connectivity index (χ4n) is 1.40. The van der Waals surface area contributed by atoms with Gasteiger partial charge in [-0.25, -0.2) is 0 Å². The van der Waals surface area contributed by atoms with Crippen LogP contribution in [0.1, 0.15) is 0 Å². The van der Waals surface area contributed by atoms with Crippen LogP contribution in [0.3, 0.4) is 0 Å². The van der Waals surface area contributed by atoms with Crippen LogP contribution < -0.4 is 15.7 Å². The topological polar surface area (TPSA) is 15.3 Å². The average molecular weight is 146 g/mol. The third-order valence-corrected chi connectivity index (χ3v) is 2.07. The Morgan fingerprint density at radius 2 is 2.36 bits per heavy atom. The molecule has 2 nitrogen and oxygen atoms in total. The lowest BCUT2D eigenvalue weighted by Crippen LogP contribution is -2.16. The van der Waals surface area contributed by atoms with Gasteiger partial charge in [0.15, 0.2) is 0 Å². The maximum absolute atomic E-state index is 3.30. The van der Waals surface area contributed by atoms with E-state index in [-0.39, 0.29) is 0 Å². The Morgan fingerprint density at radius 3 is 3.18 bits per heavy atom. The van der Waals surface area contributed by atoms with Gasteiger partial charge < -0.3 is 10.2 Å². The van der Waals surface area contributed by atoms with Crippen molar-refractivity contribution in [1.82, 2.24) is 0 Å². The summed E-state index contributed by atoms with van der Waals surface area (Å²) in [4.78, 5) is 2.21. The molecule has 0 spiro atoms. The molecule has 0 atom stereocenters. The van der Waals surface area contributed by atoms with Crippen LogP contribution in [0.5, 0.6) is 0 Å². The number of anilines is 2. The second-order valence-corrected chi connectivity index (χ2v) is 3.05. The lowest BCUT2D eigenvalue weighted by Gasteiger charge is -2.09. The van der Waals surface area contributed by atoms with Crippen LogP contribution in [-0.2, 0) is 0 Å². The standard InChI is InChI=1S/C8H11BN2/c1-11-5-10-7-3-2-6(9)4-8(7)11/h2-4,10H,5,9H2,1H3. The van der Waals surface area contributed by atoms with E-state index in [4.69, 9.17) is 0 Å². The predicted molar refractivity (Wildman–Crippen MR) is 51.5 cm³/mol. The summed E-state index contributed by atoms with van der Waals surface area (Å²) in [6.07, 6.45) is 0. The van der Waals surface area contributed by atoms with Gasteiger partial charge in [-0.05, 0) is 12.1 Å². The number of nitrogens with zero attached hydrogens (tertiary/aromatic N) is 1. The summed E-state index contributed by atoms with van der Waals surface area (Å²) in [5.41, 5.74) is 3.88. The molecule has 56 valence electrons. The van der Waals surface area contributed by atoms with Crippen molar-refractivity contribution < 1.29 is 0 Å². The van der Waals surface area contributed by atoms with E-state index in [9.17, 15) is 0 Å². The van der Waals surface area contributed by atoms with Crippen molar-refractivity contribution in [3.05, 3.63) is 18.2 Å². The van der Waals surface area contributed by atoms with E-state index in [1.165, 1.54) is 16.8 Å². The van der Waals surface area contributed by atoms with Gasteiger partial charge in [0.05, 0.1) is 18.0 Å². The van der Waals surface area contributed by atoms with Crippen LogP contribution in [0.2, 0.25) is 0 Å². The molecule has 1 aromatic rings. The van der Waals surface area contributed by atoms with Gasteiger partial charge in [-0.15, -0.1) is 0 Å². The van der Waals surface area contributed by atoms with E-state index in [1.54, 1.807) is 0 Å². The molecule has 3 heteroatoms. The van der Waals surface area contributed by atoms with E-state index < -0.39 is 0 Å². The Labute approximate surface area is 67.6 Å². The van der Waals surface area contributed by atoms with Crippen LogP contribution in [0, 0.1) is 0 Å². The van der Waals surface area contributed by atoms with E-state index in [1.807, 2.05) is 0 Å². The SMILES string of the molecule is Bc1ccc2c(c1)N(C)CN2.